The largest absolute Gasteiger partial charge is 0.247 e. The molecule has 0 spiro atoms. The third-order valence-electron chi connectivity index (χ3n) is 4.32. The van der Waals surface area contributed by atoms with Gasteiger partial charge in [-0.2, -0.15) is 0 Å². The van der Waals surface area contributed by atoms with E-state index in [0.717, 1.165) is 27.2 Å². The van der Waals surface area contributed by atoms with Crippen LogP contribution in [0.25, 0.3) is 42.3 Å². The lowest BCUT2D eigenvalue weighted by Gasteiger charge is -2.07. The number of hydrogen-bond acceptors (Lipinski definition) is 2. The second kappa shape index (κ2) is 5.30. The number of rotatable bonds is 1. The van der Waals surface area contributed by atoms with Crippen LogP contribution in [0.3, 0.4) is 0 Å². The average Bonchev–Trinajstić information content (AvgIpc) is 3.01. The fourth-order valence-electron chi connectivity index (χ4n) is 3.24. The molecule has 114 valence electrons. The molecule has 1 nitrogen and oxygen atoms in total. The molecule has 0 radical (unpaired) electrons. The number of thiophene rings is 1. The topological polar surface area (TPSA) is 12.9 Å². The molecule has 0 aliphatic rings. The summed E-state index contributed by atoms with van der Waals surface area (Å²) < 4.78 is 2.56. The summed E-state index contributed by atoms with van der Waals surface area (Å²) >= 11 is 8.03. The first kappa shape index (κ1) is 14.0. The molecule has 0 aliphatic heterocycles. The van der Waals surface area contributed by atoms with Crippen molar-refractivity contribution < 1.29 is 0 Å². The van der Waals surface area contributed by atoms with Gasteiger partial charge >= 0.3 is 0 Å². The van der Waals surface area contributed by atoms with E-state index in [1.165, 1.54) is 20.2 Å². The molecular formula is C21H12ClNS. The van der Waals surface area contributed by atoms with Crippen LogP contribution in [0.1, 0.15) is 0 Å². The summed E-state index contributed by atoms with van der Waals surface area (Å²) in [5.41, 5.74) is 3.10. The van der Waals surface area contributed by atoms with E-state index in [2.05, 4.69) is 54.6 Å². The molecule has 2 aromatic heterocycles. The summed E-state index contributed by atoms with van der Waals surface area (Å²) in [6.45, 7) is 0. The van der Waals surface area contributed by atoms with Gasteiger partial charge in [-0.05, 0) is 24.3 Å². The normalized spacial score (nSPS) is 11.5. The molecular weight excluding hydrogens is 334 g/mol. The number of benzene rings is 3. The highest BCUT2D eigenvalue weighted by atomic mass is 35.5. The fraction of sp³-hybridized carbons (Fsp3) is 0. The van der Waals surface area contributed by atoms with Gasteiger partial charge in [0.2, 0.25) is 0 Å². The highest BCUT2D eigenvalue weighted by Crippen LogP contribution is 2.42. The predicted octanol–water partition coefficient (Wildman–Crippen LogP) is 6.92. The molecule has 0 atom stereocenters. The van der Waals surface area contributed by atoms with Crippen LogP contribution >= 0.6 is 22.9 Å². The molecule has 3 heteroatoms. The third-order valence-corrected chi connectivity index (χ3v) is 5.76. The van der Waals surface area contributed by atoms with Crippen LogP contribution in [0.2, 0.25) is 5.02 Å². The summed E-state index contributed by atoms with van der Waals surface area (Å²) in [7, 11) is 0. The molecule has 0 N–H and O–H groups in total. The monoisotopic (exact) mass is 345 g/mol. The van der Waals surface area contributed by atoms with Crippen molar-refractivity contribution in [2.24, 2.45) is 0 Å². The third kappa shape index (κ3) is 2.04. The minimum Gasteiger partial charge on any atom is -0.247 e. The van der Waals surface area contributed by atoms with Crippen LogP contribution in [0.4, 0.5) is 0 Å². The van der Waals surface area contributed by atoms with E-state index in [4.69, 9.17) is 16.6 Å². The Balaban J connectivity index is 2.05. The van der Waals surface area contributed by atoms with Gasteiger partial charge in [0.1, 0.15) is 0 Å². The Bertz CT molecular complexity index is 1210. The van der Waals surface area contributed by atoms with Gasteiger partial charge in [0, 0.05) is 36.1 Å². The Hall–Kier alpha value is -2.42. The zero-order chi connectivity index (χ0) is 16.1. The van der Waals surface area contributed by atoms with Crippen LogP contribution in [-0.2, 0) is 0 Å². The Kier molecular flexibility index (Phi) is 3.09. The quantitative estimate of drug-likeness (QED) is 0.321. The minimum atomic E-state index is 0.717. The molecule has 0 unspecified atom stereocenters. The standard InChI is InChI=1S/C21H12ClNS/c22-14-10-11-15-17(12-14)23-20(13-6-2-1-3-7-13)19-16-8-4-5-9-18(16)24-21(15)19/h1-12H. The van der Waals surface area contributed by atoms with Crippen molar-refractivity contribution in [2.75, 3.05) is 0 Å². The molecule has 0 aliphatic carbocycles. The van der Waals surface area contributed by atoms with Gasteiger partial charge in [-0.15, -0.1) is 11.3 Å². The highest BCUT2D eigenvalue weighted by molar-refractivity contribution is 7.26. The zero-order valence-electron chi connectivity index (χ0n) is 12.7. The van der Waals surface area contributed by atoms with Gasteiger partial charge in [0.05, 0.1) is 11.2 Å². The average molecular weight is 346 g/mol. The van der Waals surface area contributed by atoms with Crippen molar-refractivity contribution in [3.63, 3.8) is 0 Å². The summed E-state index contributed by atoms with van der Waals surface area (Å²) in [5, 5.41) is 4.38. The molecule has 5 aromatic rings. The first-order valence-corrected chi connectivity index (χ1v) is 8.96. The summed E-state index contributed by atoms with van der Waals surface area (Å²) in [5.74, 6) is 0. The van der Waals surface area contributed by atoms with Gasteiger partial charge in [0.25, 0.3) is 0 Å². The van der Waals surface area contributed by atoms with Crippen LogP contribution in [-0.4, -0.2) is 4.98 Å². The maximum atomic E-state index is 6.21. The molecule has 0 saturated heterocycles. The Labute approximate surface area is 148 Å². The molecule has 0 bridgehead atoms. The van der Waals surface area contributed by atoms with Crippen molar-refractivity contribution in [3.8, 4) is 11.3 Å². The van der Waals surface area contributed by atoms with E-state index in [1.54, 1.807) is 0 Å². The maximum absolute atomic E-state index is 6.21. The maximum Gasteiger partial charge on any atom is 0.0802 e. The minimum absolute atomic E-state index is 0.717. The number of nitrogens with zero attached hydrogens (tertiary/aromatic N) is 1. The molecule has 0 amide bonds. The van der Waals surface area contributed by atoms with E-state index in [9.17, 15) is 0 Å². The molecule has 0 saturated carbocycles. The summed E-state index contributed by atoms with van der Waals surface area (Å²) in [4.78, 5) is 4.98. The van der Waals surface area contributed by atoms with Crippen LogP contribution in [0, 0.1) is 0 Å². The number of pyridine rings is 1. The fourth-order valence-corrected chi connectivity index (χ4v) is 4.64. The summed E-state index contributed by atoms with van der Waals surface area (Å²) in [6.07, 6.45) is 0. The lowest BCUT2D eigenvalue weighted by atomic mass is 10.0. The number of hydrogen-bond donors (Lipinski definition) is 0. The van der Waals surface area contributed by atoms with Crippen molar-refractivity contribution in [3.05, 3.63) is 77.8 Å². The van der Waals surface area contributed by atoms with Gasteiger partial charge < -0.3 is 0 Å². The van der Waals surface area contributed by atoms with Crippen molar-refractivity contribution in [2.45, 2.75) is 0 Å². The zero-order valence-corrected chi connectivity index (χ0v) is 14.2. The molecule has 5 rings (SSSR count). The van der Waals surface area contributed by atoms with E-state index in [1.807, 2.05) is 29.5 Å². The Morgan fingerprint density at radius 3 is 2.46 bits per heavy atom. The molecule has 3 aromatic carbocycles. The first-order valence-electron chi connectivity index (χ1n) is 7.77. The number of halogens is 1. The molecule has 24 heavy (non-hydrogen) atoms. The van der Waals surface area contributed by atoms with E-state index in [-0.39, 0.29) is 0 Å². The van der Waals surface area contributed by atoms with Crippen LogP contribution in [0.5, 0.6) is 0 Å². The van der Waals surface area contributed by atoms with Crippen molar-refractivity contribution in [1.29, 1.82) is 0 Å². The number of fused-ring (bicyclic) bond motifs is 5. The Morgan fingerprint density at radius 1 is 0.792 bits per heavy atom. The molecule has 0 fully saturated rings. The summed E-state index contributed by atoms with van der Waals surface area (Å²) in [6, 6.07) is 24.9. The predicted molar refractivity (Wildman–Crippen MR) is 105 cm³/mol. The lowest BCUT2D eigenvalue weighted by Crippen LogP contribution is -1.87. The number of aromatic nitrogens is 1. The van der Waals surface area contributed by atoms with Gasteiger partial charge in [-0.25, -0.2) is 4.98 Å². The SMILES string of the molecule is Clc1ccc2c(c1)nc(-c1ccccc1)c1c3ccccc3sc21. The smallest absolute Gasteiger partial charge is 0.0802 e. The van der Waals surface area contributed by atoms with Crippen LogP contribution < -0.4 is 0 Å². The van der Waals surface area contributed by atoms with E-state index in [0.29, 0.717) is 0 Å². The van der Waals surface area contributed by atoms with Gasteiger partial charge in [-0.1, -0.05) is 60.1 Å². The lowest BCUT2D eigenvalue weighted by molar-refractivity contribution is 1.43. The van der Waals surface area contributed by atoms with E-state index >= 15 is 0 Å². The second-order valence-electron chi connectivity index (χ2n) is 5.79. The second-order valence-corrected chi connectivity index (χ2v) is 7.28. The highest BCUT2D eigenvalue weighted by Gasteiger charge is 2.15. The Morgan fingerprint density at radius 2 is 1.58 bits per heavy atom. The van der Waals surface area contributed by atoms with Crippen molar-refractivity contribution in [1.82, 2.24) is 4.98 Å². The first-order chi connectivity index (χ1) is 11.8. The molecule has 2 heterocycles. The van der Waals surface area contributed by atoms with Gasteiger partial charge in [-0.3, -0.25) is 0 Å². The van der Waals surface area contributed by atoms with Crippen LogP contribution in [0.15, 0.2) is 72.8 Å². The van der Waals surface area contributed by atoms with Crippen molar-refractivity contribution >= 4 is 54.0 Å². The van der Waals surface area contributed by atoms with E-state index < -0.39 is 0 Å². The van der Waals surface area contributed by atoms with Gasteiger partial charge in [0.15, 0.2) is 0 Å².